The molecule has 7 heteroatoms. The van der Waals surface area contributed by atoms with E-state index in [1.165, 1.54) is 6.21 Å². The molecule has 0 radical (unpaired) electrons. The molecule has 1 heterocycles. The van der Waals surface area contributed by atoms with Crippen LogP contribution in [-0.4, -0.2) is 19.2 Å². The first-order chi connectivity index (χ1) is 12.6. The largest absolute Gasteiger partial charge is 0.496 e. The highest BCUT2D eigenvalue weighted by Gasteiger charge is 2.08. The van der Waals surface area contributed by atoms with E-state index >= 15 is 0 Å². The topological polar surface area (TPSA) is 63.8 Å². The lowest BCUT2D eigenvalue weighted by Gasteiger charge is -2.05. The van der Waals surface area contributed by atoms with Crippen molar-refractivity contribution >= 4 is 46.3 Å². The van der Waals surface area contributed by atoms with E-state index < -0.39 is 0 Å². The van der Waals surface area contributed by atoms with Crippen molar-refractivity contribution in [3.05, 3.63) is 74.5 Å². The number of methoxy groups -OCH3 is 1. The molecule has 1 N–H and O–H groups in total. The van der Waals surface area contributed by atoms with Gasteiger partial charge in [-0.05, 0) is 65.1 Å². The highest BCUT2D eigenvalue weighted by molar-refractivity contribution is 14.1. The molecule has 132 valence electrons. The maximum absolute atomic E-state index is 12.2. The van der Waals surface area contributed by atoms with Crippen molar-refractivity contribution in [1.82, 2.24) is 5.43 Å². The van der Waals surface area contributed by atoms with Gasteiger partial charge in [-0.25, -0.2) is 5.43 Å². The van der Waals surface area contributed by atoms with Crippen molar-refractivity contribution in [2.45, 2.75) is 0 Å². The van der Waals surface area contributed by atoms with E-state index in [0.717, 1.165) is 9.13 Å². The van der Waals surface area contributed by atoms with Crippen molar-refractivity contribution < 1.29 is 13.9 Å². The minimum absolute atomic E-state index is 0.336. The van der Waals surface area contributed by atoms with E-state index in [4.69, 9.17) is 20.8 Å². The minimum atomic E-state index is -0.336. The van der Waals surface area contributed by atoms with Crippen LogP contribution in [0.2, 0.25) is 5.02 Å². The lowest BCUT2D eigenvalue weighted by Crippen LogP contribution is -2.17. The number of hydrogen-bond acceptors (Lipinski definition) is 4. The molecule has 0 saturated carbocycles. The summed E-state index contributed by atoms with van der Waals surface area (Å²) < 4.78 is 11.8. The zero-order valence-corrected chi connectivity index (χ0v) is 16.6. The van der Waals surface area contributed by atoms with Gasteiger partial charge in [0.15, 0.2) is 0 Å². The zero-order valence-electron chi connectivity index (χ0n) is 13.7. The number of nitrogens with zero attached hydrogens (tertiary/aromatic N) is 1. The number of carbonyl (C=O) groups excluding carboxylic acids is 1. The Bertz CT molecular complexity index is 969. The molecule has 0 unspecified atom stereocenters. The first-order valence-electron chi connectivity index (χ1n) is 7.59. The third kappa shape index (κ3) is 4.44. The Morgan fingerprint density at radius 3 is 2.85 bits per heavy atom. The molecule has 3 rings (SSSR count). The number of ether oxygens (including phenoxy) is 1. The number of nitrogens with one attached hydrogen (secondary N) is 1. The van der Waals surface area contributed by atoms with Gasteiger partial charge in [0.2, 0.25) is 0 Å². The smallest absolute Gasteiger partial charge is 0.271 e. The maximum atomic E-state index is 12.2. The van der Waals surface area contributed by atoms with Gasteiger partial charge < -0.3 is 9.15 Å². The number of rotatable bonds is 5. The van der Waals surface area contributed by atoms with Gasteiger partial charge in [0.05, 0.1) is 16.9 Å². The molecular weight excluding hydrogens is 467 g/mol. The van der Waals surface area contributed by atoms with Gasteiger partial charge in [-0.1, -0.05) is 23.7 Å². The standard InChI is InChI=1S/C19H14ClIN2O3/c1-25-18-10-13(5-7-16(18)21)19(24)23-22-11-15-6-8-17(26-15)12-3-2-4-14(20)9-12/h2-11H,1H3,(H,23,24)/b22-11-. The number of hydrazone groups is 1. The first kappa shape index (κ1) is 18.5. The second kappa shape index (κ2) is 8.37. The van der Waals surface area contributed by atoms with Gasteiger partial charge in [0.25, 0.3) is 5.91 Å². The van der Waals surface area contributed by atoms with E-state index in [1.807, 2.05) is 30.3 Å². The predicted molar refractivity (Wildman–Crippen MR) is 110 cm³/mol. The molecule has 5 nitrogen and oxygen atoms in total. The van der Waals surface area contributed by atoms with E-state index in [1.54, 1.807) is 31.4 Å². The molecule has 3 aromatic rings. The van der Waals surface area contributed by atoms with Gasteiger partial charge in [-0.2, -0.15) is 5.10 Å². The molecule has 0 fully saturated rings. The van der Waals surface area contributed by atoms with Gasteiger partial charge >= 0.3 is 0 Å². The van der Waals surface area contributed by atoms with Gasteiger partial charge in [0, 0.05) is 16.1 Å². The fraction of sp³-hybridized carbons (Fsp3) is 0.0526. The van der Waals surface area contributed by atoms with Crippen LogP contribution in [-0.2, 0) is 0 Å². The predicted octanol–water partition coefficient (Wildman–Crippen LogP) is 4.98. The van der Waals surface area contributed by atoms with Gasteiger partial charge in [-0.3, -0.25) is 4.79 Å². The van der Waals surface area contributed by atoms with E-state index in [2.05, 4.69) is 33.1 Å². The van der Waals surface area contributed by atoms with Crippen LogP contribution in [0.25, 0.3) is 11.3 Å². The summed E-state index contributed by atoms with van der Waals surface area (Å²) in [6, 6.07) is 16.1. The number of hydrogen-bond donors (Lipinski definition) is 1. The maximum Gasteiger partial charge on any atom is 0.271 e. The van der Waals surface area contributed by atoms with Crippen molar-refractivity contribution in [2.75, 3.05) is 7.11 Å². The Morgan fingerprint density at radius 1 is 1.23 bits per heavy atom. The van der Waals surface area contributed by atoms with Crippen LogP contribution in [0, 0.1) is 3.57 Å². The molecule has 0 aliphatic carbocycles. The number of amides is 1. The summed E-state index contributed by atoms with van der Waals surface area (Å²) in [4.78, 5) is 12.2. The number of carbonyl (C=O) groups is 1. The summed E-state index contributed by atoms with van der Waals surface area (Å²) in [5.74, 6) is 1.49. The molecular formula is C19H14ClIN2O3. The fourth-order valence-corrected chi connectivity index (χ4v) is 2.99. The highest BCUT2D eigenvalue weighted by atomic mass is 127. The van der Waals surface area contributed by atoms with Crippen LogP contribution in [0.4, 0.5) is 0 Å². The lowest BCUT2D eigenvalue weighted by molar-refractivity contribution is 0.0954. The normalized spacial score (nSPS) is 10.9. The van der Waals surface area contributed by atoms with Crippen LogP contribution >= 0.6 is 34.2 Å². The average molecular weight is 481 g/mol. The summed E-state index contributed by atoms with van der Waals surface area (Å²) in [5.41, 5.74) is 3.79. The second-order valence-electron chi connectivity index (χ2n) is 5.26. The van der Waals surface area contributed by atoms with Crippen LogP contribution in [0.5, 0.6) is 5.75 Å². The molecule has 0 aliphatic rings. The molecule has 1 aromatic heterocycles. The van der Waals surface area contributed by atoms with Crippen LogP contribution in [0.15, 0.2) is 64.1 Å². The Labute approximate surface area is 169 Å². The van der Waals surface area contributed by atoms with Crippen LogP contribution in [0.1, 0.15) is 16.1 Å². The molecule has 0 saturated heterocycles. The van der Waals surface area contributed by atoms with E-state index in [-0.39, 0.29) is 5.91 Å². The minimum Gasteiger partial charge on any atom is -0.496 e. The van der Waals surface area contributed by atoms with Crippen LogP contribution in [0.3, 0.4) is 0 Å². The number of halogens is 2. The molecule has 26 heavy (non-hydrogen) atoms. The summed E-state index contributed by atoms with van der Waals surface area (Å²) in [6.45, 7) is 0. The number of benzene rings is 2. The van der Waals surface area contributed by atoms with E-state index in [9.17, 15) is 4.79 Å². The average Bonchev–Trinajstić information content (AvgIpc) is 3.11. The van der Waals surface area contributed by atoms with Crippen LogP contribution < -0.4 is 10.2 Å². The lowest BCUT2D eigenvalue weighted by atomic mass is 10.2. The molecule has 2 aromatic carbocycles. The van der Waals surface area contributed by atoms with Crippen molar-refractivity contribution in [3.8, 4) is 17.1 Å². The third-order valence-electron chi connectivity index (χ3n) is 3.51. The quantitative estimate of drug-likeness (QED) is 0.318. The molecule has 0 spiro atoms. The van der Waals surface area contributed by atoms with Gasteiger partial charge in [-0.15, -0.1) is 0 Å². The SMILES string of the molecule is COc1cc(C(=O)N/N=C\c2ccc(-c3cccc(Cl)c3)o2)ccc1I. The molecule has 0 atom stereocenters. The summed E-state index contributed by atoms with van der Waals surface area (Å²) in [7, 11) is 1.56. The molecule has 0 bridgehead atoms. The zero-order chi connectivity index (χ0) is 18.5. The summed E-state index contributed by atoms with van der Waals surface area (Å²) >= 11 is 8.12. The monoisotopic (exact) mass is 480 g/mol. The first-order valence-corrected chi connectivity index (χ1v) is 9.05. The molecule has 0 aliphatic heterocycles. The third-order valence-corrected chi connectivity index (χ3v) is 4.63. The molecule has 1 amide bonds. The Hall–Kier alpha value is -2.32. The van der Waals surface area contributed by atoms with Crippen molar-refractivity contribution in [3.63, 3.8) is 0 Å². The fourth-order valence-electron chi connectivity index (χ4n) is 2.24. The Balaban J connectivity index is 1.66. The van der Waals surface area contributed by atoms with Gasteiger partial charge in [0.1, 0.15) is 17.3 Å². The summed E-state index contributed by atoms with van der Waals surface area (Å²) in [6.07, 6.45) is 1.44. The van der Waals surface area contributed by atoms with E-state index in [0.29, 0.717) is 27.9 Å². The number of furan rings is 1. The Morgan fingerprint density at radius 2 is 2.08 bits per heavy atom. The van der Waals surface area contributed by atoms with Crippen molar-refractivity contribution in [1.29, 1.82) is 0 Å². The van der Waals surface area contributed by atoms with Crippen molar-refractivity contribution in [2.24, 2.45) is 5.10 Å². The second-order valence-corrected chi connectivity index (χ2v) is 6.86. The highest BCUT2D eigenvalue weighted by Crippen LogP contribution is 2.24. The Kier molecular flexibility index (Phi) is 5.95. The summed E-state index contributed by atoms with van der Waals surface area (Å²) in [5, 5.41) is 4.57.